The van der Waals surface area contributed by atoms with Gasteiger partial charge in [0.05, 0.1) is 0 Å². The van der Waals surface area contributed by atoms with Crippen LogP contribution in [-0.2, 0) is 13.0 Å². The number of phenolic OH excluding ortho intramolecular Hbond substituents is 1. The second kappa shape index (κ2) is 8.51. The van der Waals surface area contributed by atoms with Crippen molar-refractivity contribution in [2.24, 2.45) is 0 Å². The molecule has 0 amide bonds. The Balaban J connectivity index is 1.70. The average Bonchev–Trinajstić information content (AvgIpc) is 2.74. The van der Waals surface area contributed by atoms with E-state index in [-0.39, 0.29) is 17.6 Å². The fourth-order valence-electron chi connectivity index (χ4n) is 3.76. The molecule has 0 aliphatic heterocycles. The van der Waals surface area contributed by atoms with E-state index < -0.39 is 5.63 Å². The van der Waals surface area contributed by atoms with Gasteiger partial charge in [-0.1, -0.05) is 43.3 Å². The molecular weight excluding hydrogens is 381 g/mol. The molecule has 4 rings (SSSR count). The molecule has 30 heavy (non-hydrogen) atoms. The number of phenols is 1. The number of halogens is 1. The molecule has 0 saturated carbocycles. The van der Waals surface area contributed by atoms with Gasteiger partial charge in [0.25, 0.3) is 0 Å². The molecule has 1 heterocycles. The average molecular weight is 404 g/mol. The van der Waals surface area contributed by atoms with Gasteiger partial charge in [0.15, 0.2) is 0 Å². The number of fused-ring (bicyclic) bond motifs is 1. The predicted octanol–water partition coefficient (Wildman–Crippen LogP) is 4.05. The molecule has 0 saturated heterocycles. The lowest BCUT2D eigenvalue weighted by molar-refractivity contribution is -0.702. The van der Waals surface area contributed by atoms with E-state index in [4.69, 9.17) is 4.42 Å². The highest BCUT2D eigenvalue weighted by Crippen LogP contribution is 2.23. The van der Waals surface area contributed by atoms with E-state index in [0.717, 1.165) is 28.5 Å². The van der Waals surface area contributed by atoms with E-state index in [0.29, 0.717) is 12.1 Å². The number of benzene rings is 3. The quantitative estimate of drug-likeness (QED) is 0.477. The lowest BCUT2D eigenvalue weighted by atomic mass is 9.96. The van der Waals surface area contributed by atoms with Crippen molar-refractivity contribution in [1.29, 1.82) is 0 Å². The maximum atomic E-state index is 13.9. The number of hydrogen-bond acceptors (Lipinski definition) is 3. The minimum absolute atomic E-state index is 0.0421. The number of aryl methyl sites for hydroxylation is 1. The summed E-state index contributed by atoms with van der Waals surface area (Å²) in [5, 5.41) is 12.5. The van der Waals surface area contributed by atoms with Gasteiger partial charge >= 0.3 is 5.63 Å². The van der Waals surface area contributed by atoms with Gasteiger partial charge < -0.3 is 14.8 Å². The lowest BCUT2D eigenvalue weighted by Gasteiger charge is -2.18. The molecule has 0 aliphatic carbocycles. The Morgan fingerprint density at radius 3 is 2.53 bits per heavy atom. The summed E-state index contributed by atoms with van der Waals surface area (Å²) in [5.41, 5.74) is 3.83. The normalized spacial score (nSPS) is 12.2. The predicted molar refractivity (Wildman–Crippen MR) is 114 cm³/mol. The molecule has 4 nitrogen and oxygen atoms in total. The maximum absolute atomic E-state index is 13.9. The maximum Gasteiger partial charge on any atom is 0.336 e. The first-order valence-corrected chi connectivity index (χ1v) is 9.97. The van der Waals surface area contributed by atoms with Crippen molar-refractivity contribution in [3.05, 3.63) is 111 Å². The van der Waals surface area contributed by atoms with Crippen LogP contribution < -0.4 is 10.9 Å². The molecule has 0 spiro atoms. The molecule has 1 atom stereocenters. The minimum Gasteiger partial charge on any atom is -0.508 e. The Hall–Kier alpha value is -3.44. The smallest absolute Gasteiger partial charge is 0.336 e. The second-order valence-electron chi connectivity index (χ2n) is 7.34. The SMILES string of the molecule is CCc1ccc([C@@H]([NH2+]Cc2cc(=O)oc3cc(O)ccc23)c2cccc(F)c2)cc1. The van der Waals surface area contributed by atoms with Crippen LogP contribution in [0.15, 0.2) is 82.0 Å². The van der Waals surface area contributed by atoms with Crippen LogP contribution in [0.3, 0.4) is 0 Å². The molecule has 3 N–H and O–H groups in total. The Kier molecular flexibility index (Phi) is 5.63. The van der Waals surface area contributed by atoms with Crippen molar-refractivity contribution < 1.29 is 19.2 Å². The van der Waals surface area contributed by atoms with E-state index >= 15 is 0 Å². The lowest BCUT2D eigenvalue weighted by Crippen LogP contribution is -2.84. The monoisotopic (exact) mass is 404 g/mol. The summed E-state index contributed by atoms with van der Waals surface area (Å²) in [5.74, 6) is -0.238. The van der Waals surface area contributed by atoms with Crippen LogP contribution in [0.2, 0.25) is 0 Å². The zero-order valence-electron chi connectivity index (χ0n) is 16.6. The summed E-state index contributed by atoms with van der Waals surface area (Å²) < 4.78 is 19.2. The highest BCUT2D eigenvalue weighted by atomic mass is 19.1. The van der Waals surface area contributed by atoms with Crippen LogP contribution in [-0.4, -0.2) is 5.11 Å². The van der Waals surface area contributed by atoms with Gasteiger partial charge in [0.2, 0.25) is 0 Å². The Morgan fingerprint density at radius 2 is 1.80 bits per heavy atom. The van der Waals surface area contributed by atoms with Crippen molar-refractivity contribution in [2.45, 2.75) is 25.9 Å². The topological polar surface area (TPSA) is 67.0 Å². The van der Waals surface area contributed by atoms with Crippen molar-refractivity contribution >= 4 is 11.0 Å². The summed E-state index contributed by atoms with van der Waals surface area (Å²) in [6.07, 6.45) is 0.952. The summed E-state index contributed by atoms with van der Waals surface area (Å²) in [7, 11) is 0. The van der Waals surface area contributed by atoms with E-state index in [2.05, 4.69) is 36.5 Å². The number of nitrogens with two attached hydrogens (primary N) is 1. The fourth-order valence-corrected chi connectivity index (χ4v) is 3.76. The van der Waals surface area contributed by atoms with Gasteiger partial charge in [-0.15, -0.1) is 0 Å². The third kappa shape index (κ3) is 4.26. The number of rotatable bonds is 6. The van der Waals surface area contributed by atoms with Gasteiger partial charge in [-0.05, 0) is 36.2 Å². The third-order valence-electron chi connectivity index (χ3n) is 5.34. The van der Waals surface area contributed by atoms with Crippen molar-refractivity contribution in [3.8, 4) is 5.75 Å². The molecule has 152 valence electrons. The first kappa shape index (κ1) is 19.9. The van der Waals surface area contributed by atoms with Gasteiger partial charge in [-0.3, -0.25) is 0 Å². The van der Waals surface area contributed by atoms with Crippen LogP contribution in [0, 0.1) is 5.82 Å². The Labute approximate surface area is 173 Å². The summed E-state index contributed by atoms with van der Waals surface area (Å²) in [6.45, 7) is 2.60. The molecular formula is C25H23FNO3+. The second-order valence-corrected chi connectivity index (χ2v) is 7.34. The van der Waals surface area contributed by atoms with Crippen LogP contribution >= 0.6 is 0 Å². The number of aromatic hydroxyl groups is 1. The van der Waals surface area contributed by atoms with E-state index in [1.165, 1.54) is 23.8 Å². The molecule has 4 aromatic rings. The van der Waals surface area contributed by atoms with E-state index in [9.17, 15) is 14.3 Å². The molecule has 5 heteroatoms. The first-order valence-electron chi connectivity index (χ1n) is 9.97. The van der Waals surface area contributed by atoms with Crippen LogP contribution in [0.4, 0.5) is 4.39 Å². The largest absolute Gasteiger partial charge is 0.508 e. The number of hydrogen-bond donors (Lipinski definition) is 2. The van der Waals surface area contributed by atoms with Crippen molar-refractivity contribution in [3.63, 3.8) is 0 Å². The van der Waals surface area contributed by atoms with Gasteiger partial charge in [-0.2, -0.15) is 0 Å². The fraction of sp³-hybridized carbons (Fsp3) is 0.160. The minimum atomic E-state index is -0.467. The molecule has 0 aliphatic rings. The van der Waals surface area contributed by atoms with Crippen LogP contribution in [0.25, 0.3) is 11.0 Å². The molecule has 0 radical (unpaired) electrons. The molecule has 1 aromatic heterocycles. The summed E-state index contributed by atoms with van der Waals surface area (Å²) in [6, 6.07) is 21.0. The Morgan fingerprint density at radius 1 is 1.00 bits per heavy atom. The first-order chi connectivity index (χ1) is 14.5. The molecule has 0 unspecified atom stereocenters. The van der Waals surface area contributed by atoms with Crippen LogP contribution in [0.5, 0.6) is 5.75 Å². The molecule has 0 fully saturated rings. The summed E-state index contributed by atoms with van der Waals surface area (Å²) in [4.78, 5) is 12.0. The zero-order valence-corrected chi connectivity index (χ0v) is 16.6. The van der Waals surface area contributed by atoms with Crippen molar-refractivity contribution in [1.82, 2.24) is 0 Å². The summed E-state index contributed by atoms with van der Waals surface area (Å²) >= 11 is 0. The van der Waals surface area contributed by atoms with Gasteiger partial charge in [-0.25, -0.2) is 9.18 Å². The standard InChI is InChI=1S/C25H22FNO3/c1-2-16-6-8-17(9-7-16)25(18-4-3-5-20(26)12-18)27-15-19-13-24(29)30-23-14-21(28)10-11-22(19)23/h3-14,25,27-28H,2,15H2,1H3/p+1/t25-/m1/s1. The van der Waals surface area contributed by atoms with E-state index in [1.54, 1.807) is 24.3 Å². The third-order valence-corrected chi connectivity index (χ3v) is 5.34. The highest BCUT2D eigenvalue weighted by molar-refractivity contribution is 5.81. The van der Waals surface area contributed by atoms with Crippen LogP contribution in [0.1, 0.15) is 35.2 Å². The van der Waals surface area contributed by atoms with Gasteiger partial charge in [0, 0.05) is 34.2 Å². The molecule has 0 bridgehead atoms. The molecule has 3 aromatic carbocycles. The van der Waals surface area contributed by atoms with E-state index in [1.807, 2.05) is 6.07 Å². The zero-order chi connectivity index (χ0) is 21.1. The van der Waals surface area contributed by atoms with Crippen molar-refractivity contribution in [2.75, 3.05) is 0 Å². The number of quaternary nitrogens is 1. The van der Waals surface area contributed by atoms with Gasteiger partial charge in [0.1, 0.15) is 29.7 Å². The Bertz CT molecular complexity index is 1230. The highest BCUT2D eigenvalue weighted by Gasteiger charge is 2.19.